The van der Waals surface area contributed by atoms with E-state index in [-0.39, 0.29) is 0 Å². The molecule has 2 heterocycles. The van der Waals surface area contributed by atoms with E-state index in [9.17, 15) is 0 Å². The lowest BCUT2D eigenvalue weighted by atomic mass is 10.0. The minimum Gasteiger partial charge on any atom is -0.466 e. The van der Waals surface area contributed by atoms with Crippen LogP contribution in [0.15, 0.2) is 28.9 Å². The Kier molecular flexibility index (Phi) is 5.01. The van der Waals surface area contributed by atoms with Gasteiger partial charge >= 0.3 is 0 Å². The van der Waals surface area contributed by atoms with Gasteiger partial charge in [0.05, 0.1) is 6.54 Å². The third kappa shape index (κ3) is 3.73. The Morgan fingerprint density at radius 1 is 1.40 bits per heavy atom. The van der Waals surface area contributed by atoms with Crippen molar-refractivity contribution in [3.63, 3.8) is 0 Å². The van der Waals surface area contributed by atoms with Gasteiger partial charge in [-0.15, -0.1) is 0 Å². The van der Waals surface area contributed by atoms with Crippen LogP contribution in [0.1, 0.15) is 43.5 Å². The van der Waals surface area contributed by atoms with Gasteiger partial charge in [-0.25, -0.2) is 4.98 Å². The summed E-state index contributed by atoms with van der Waals surface area (Å²) in [5.41, 5.74) is 0. The zero-order valence-corrected chi connectivity index (χ0v) is 13.0. The summed E-state index contributed by atoms with van der Waals surface area (Å²) in [6.45, 7) is 9.43. The average molecular weight is 275 g/mol. The molecule has 0 unspecified atom stereocenters. The van der Waals surface area contributed by atoms with Crippen LogP contribution in [0.5, 0.6) is 0 Å². The Morgan fingerprint density at radius 2 is 2.20 bits per heavy atom. The molecule has 0 amide bonds. The molecule has 0 N–H and O–H groups in total. The molecule has 4 nitrogen and oxygen atoms in total. The van der Waals surface area contributed by atoms with Crippen molar-refractivity contribution in [3.05, 3.63) is 41.9 Å². The fraction of sp³-hybridized carbons (Fsp3) is 0.562. The minimum absolute atomic E-state index is 0.458. The molecule has 4 heteroatoms. The molecule has 2 aromatic heterocycles. The zero-order chi connectivity index (χ0) is 14.5. The highest BCUT2D eigenvalue weighted by Crippen LogP contribution is 2.21. The maximum Gasteiger partial charge on any atom is 0.122 e. The second-order valence-corrected chi connectivity index (χ2v) is 5.46. The lowest BCUT2D eigenvalue weighted by Crippen LogP contribution is -2.26. The molecule has 0 bridgehead atoms. The van der Waals surface area contributed by atoms with Crippen molar-refractivity contribution >= 4 is 0 Å². The third-order valence-electron chi connectivity index (χ3n) is 3.86. The Labute approximate surface area is 121 Å². The number of imidazole rings is 1. The van der Waals surface area contributed by atoms with Crippen LogP contribution in [-0.4, -0.2) is 27.5 Å². The zero-order valence-electron chi connectivity index (χ0n) is 13.0. The van der Waals surface area contributed by atoms with E-state index in [1.165, 1.54) is 0 Å². The largest absolute Gasteiger partial charge is 0.466 e. The van der Waals surface area contributed by atoms with Gasteiger partial charge in [0.1, 0.15) is 17.3 Å². The number of rotatable bonds is 7. The van der Waals surface area contributed by atoms with E-state index in [4.69, 9.17) is 4.42 Å². The second-order valence-electron chi connectivity index (χ2n) is 5.46. The Balaban J connectivity index is 1.86. The topological polar surface area (TPSA) is 34.2 Å². The second kappa shape index (κ2) is 6.75. The molecule has 0 aliphatic heterocycles. The number of furan rings is 1. The van der Waals surface area contributed by atoms with E-state index in [2.05, 4.69) is 34.4 Å². The number of nitrogens with zero attached hydrogens (tertiary/aromatic N) is 3. The monoisotopic (exact) mass is 275 g/mol. The summed E-state index contributed by atoms with van der Waals surface area (Å²) >= 11 is 0. The average Bonchev–Trinajstić information content (AvgIpc) is 3.03. The predicted octanol–water partition coefficient (Wildman–Crippen LogP) is 3.34. The van der Waals surface area contributed by atoms with Crippen molar-refractivity contribution < 1.29 is 4.42 Å². The van der Waals surface area contributed by atoms with E-state index in [0.29, 0.717) is 5.92 Å². The molecule has 2 rings (SSSR count). The van der Waals surface area contributed by atoms with Crippen LogP contribution in [-0.2, 0) is 13.6 Å². The number of aryl methyl sites for hydroxylation is 2. The van der Waals surface area contributed by atoms with Gasteiger partial charge in [-0.3, -0.25) is 4.90 Å². The molecule has 0 fully saturated rings. The van der Waals surface area contributed by atoms with Crippen molar-refractivity contribution in [2.75, 3.05) is 13.1 Å². The van der Waals surface area contributed by atoms with E-state index in [1.54, 1.807) is 0 Å². The molecular weight excluding hydrogens is 250 g/mol. The molecule has 0 saturated carbocycles. The maximum atomic E-state index is 5.70. The lowest BCUT2D eigenvalue weighted by Gasteiger charge is -2.21. The van der Waals surface area contributed by atoms with Crippen molar-refractivity contribution in [1.29, 1.82) is 0 Å². The summed E-state index contributed by atoms with van der Waals surface area (Å²) in [5, 5.41) is 0. The Morgan fingerprint density at radius 3 is 2.75 bits per heavy atom. The quantitative estimate of drug-likeness (QED) is 0.777. The highest BCUT2D eigenvalue weighted by molar-refractivity contribution is 5.09. The summed E-state index contributed by atoms with van der Waals surface area (Å²) in [6.07, 6.45) is 4.96. The molecule has 0 spiro atoms. The van der Waals surface area contributed by atoms with Gasteiger partial charge in [-0.1, -0.05) is 13.8 Å². The van der Waals surface area contributed by atoms with Crippen LogP contribution >= 0.6 is 0 Å². The Hall–Kier alpha value is -1.55. The first-order valence-electron chi connectivity index (χ1n) is 7.35. The Bertz CT molecular complexity index is 529. The standard InChI is InChI=1S/C16H25N3O/c1-5-19(12-16-17-9-11-18(16)4)10-8-13(2)15-7-6-14(3)20-15/h6-7,9,11,13H,5,8,10,12H2,1-4H3/t13-/m1/s1. The first-order chi connectivity index (χ1) is 9.60. The molecule has 0 saturated heterocycles. The van der Waals surface area contributed by atoms with E-state index in [1.807, 2.05) is 32.4 Å². The summed E-state index contributed by atoms with van der Waals surface area (Å²) in [4.78, 5) is 6.82. The van der Waals surface area contributed by atoms with E-state index >= 15 is 0 Å². The summed E-state index contributed by atoms with van der Waals surface area (Å²) < 4.78 is 7.79. The minimum atomic E-state index is 0.458. The van der Waals surface area contributed by atoms with Crippen LogP contribution in [0.3, 0.4) is 0 Å². The van der Waals surface area contributed by atoms with Crippen LogP contribution in [0, 0.1) is 6.92 Å². The summed E-state index contributed by atoms with van der Waals surface area (Å²) in [6, 6.07) is 4.13. The lowest BCUT2D eigenvalue weighted by molar-refractivity contribution is 0.256. The molecule has 0 radical (unpaired) electrons. The summed E-state index contributed by atoms with van der Waals surface area (Å²) in [7, 11) is 2.05. The third-order valence-corrected chi connectivity index (χ3v) is 3.86. The van der Waals surface area contributed by atoms with Gasteiger partial charge in [0.25, 0.3) is 0 Å². The van der Waals surface area contributed by atoms with Crippen molar-refractivity contribution in [2.24, 2.45) is 7.05 Å². The van der Waals surface area contributed by atoms with Gasteiger partial charge < -0.3 is 8.98 Å². The molecule has 110 valence electrons. The fourth-order valence-electron chi connectivity index (χ4n) is 2.33. The number of hydrogen-bond acceptors (Lipinski definition) is 3. The van der Waals surface area contributed by atoms with Crippen molar-refractivity contribution in [3.8, 4) is 0 Å². The summed E-state index contributed by atoms with van der Waals surface area (Å²) in [5.74, 6) is 3.66. The molecule has 0 aliphatic rings. The molecule has 0 aliphatic carbocycles. The van der Waals surface area contributed by atoms with E-state index < -0.39 is 0 Å². The van der Waals surface area contributed by atoms with Gasteiger partial charge in [0, 0.05) is 25.4 Å². The molecule has 0 aromatic carbocycles. The highest BCUT2D eigenvalue weighted by atomic mass is 16.3. The van der Waals surface area contributed by atoms with Gasteiger partial charge in [-0.05, 0) is 38.6 Å². The molecule has 2 aromatic rings. The number of hydrogen-bond donors (Lipinski definition) is 0. The first kappa shape index (κ1) is 14.9. The smallest absolute Gasteiger partial charge is 0.122 e. The van der Waals surface area contributed by atoms with Crippen LogP contribution < -0.4 is 0 Å². The predicted molar refractivity (Wildman–Crippen MR) is 80.6 cm³/mol. The van der Waals surface area contributed by atoms with Crippen LogP contribution in [0.25, 0.3) is 0 Å². The fourth-order valence-corrected chi connectivity index (χ4v) is 2.33. The number of aromatic nitrogens is 2. The molecule has 1 atom stereocenters. The van der Waals surface area contributed by atoms with Crippen molar-refractivity contribution in [2.45, 2.75) is 39.7 Å². The molecular formula is C16H25N3O. The molecule has 20 heavy (non-hydrogen) atoms. The van der Waals surface area contributed by atoms with Crippen LogP contribution in [0.2, 0.25) is 0 Å². The van der Waals surface area contributed by atoms with Gasteiger partial charge in [0.2, 0.25) is 0 Å². The normalized spacial score (nSPS) is 13.1. The van der Waals surface area contributed by atoms with Gasteiger partial charge in [0.15, 0.2) is 0 Å². The van der Waals surface area contributed by atoms with E-state index in [0.717, 1.165) is 43.4 Å². The maximum absolute atomic E-state index is 5.70. The van der Waals surface area contributed by atoms with Crippen LogP contribution in [0.4, 0.5) is 0 Å². The first-order valence-corrected chi connectivity index (χ1v) is 7.35. The van der Waals surface area contributed by atoms with Crippen molar-refractivity contribution in [1.82, 2.24) is 14.5 Å². The highest BCUT2D eigenvalue weighted by Gasteiger charge is 2.13. The van der Waals surface area contributed by atoms with Gasteiger partial charge in [-0.2, -0.15) is 0 Å². The SMILES string of the molecule is CCN(CC[C@@H](C)c1ccc(C)o1)Cc1nccn1C.